The topological polar surface area (TPSA) is 78.1 Å². The molecule has 2 heterocycles. The molecule has 0 saturated heterocycles. The van der Waals surface area contributed by atoms with Gasteiger partial charge in [0.25, 0.3) is 5.91 Å². The number of nitrogens with zero attached hydrogens (tertiary/aromatic N) is 3. The van der Waals surface area contributed by atoms with Crippen LogP contribution in [-0.4, -0.2) is 35.1 Å². The molecule has 4 aromatic rings. The third kappa shape index (κ3) is 3.46. The lowest BCUT2D eigenvalue weighted by molar-refractivity contribution is -0.539. The number of carbonyl (C=O) groups excluding carboxylic acids is 1. The Morgan fingerprint density at radius 1 is 1.13 bits per heavy atom. The van der Waals surface area contributed by atoms with Gasteiger partial charge in [0.05, 0.1) is 30.2 Å². The quantitative estimate of drug-likeness (QED) is 0.398. The number of amides is 1. The van der Waals surface area contributed by atoms with Gasteiger partial charge in [-0.25, -0.2) is 9.37 Å². The monoisotopic (exact) mass is 402 g/mol. The van der Waals surface area contributed by atoms with Gasteiger partial charge in [-0.3, -0.25) is 14.6 Å². The van der Waals surface area contributed by atoms with E-state index in [9.17, 15) is 9.18 Å². The summed E-state index contributed by atoms with van der Waals surface area (Å²) in [4.78, 5) is 18.8. The predicted molar refractivity (Wildman–Crippen MR) is 114 cm³/mol. The second-order valence-electron chi connectivity index (χ2n) is 6.88. The van der Waals surface area contributed by atoms with E-state index in [4.69, 9.17) is 5.41 Å². The van der Waals surface area contributed by atoms with Gasteiger partial charge < -0.3 is 10.2 Å². The average Bonchev–Trinajstić information content (AvgIpc) is 3.20. The summed E-state index contributed by atoms with van der Waals surface area (Å²) in [6, 6.07) is 17.6. The van der Waals surface area contributed by atoms with Crippen molar-refractivity contribution < 1.29 is 14.5 Å². The Hall–Kier alpha value is -3.84. The molecule has 1 amide bonds. The van der Waals surface area contributed by atoms with Crippen LogP contribution in [0.15, 0.2) is 73.1 Å². The molecule has 0 radical (unpaired) electrons. The molecule has 7 heteroatoms. The Labute approximate surface area is 173 Å². The van der Waals surface area contributed by atoms with Gasteiger partial charge in [0, 0.05) is 30.6 Å². The minimum atomic E-state index is -0.401. The number of pyridine rings is 1. The number of imidazole rings is 1. The molecule has 6 nitrogen and oxygen atoms in total. The van der Waals surface area contributed by atoms with Crippen LogP contribution in [0.5, 0.6) is 0 Å². The lowest BCUT2D eigenvalue weighted by Gasteiger charge is -2.18. The lowest BCUT2D eigenvalue weighted by Crippen LogP contribution is -2.73. The fraction of sp³-hybridized carbons (Fsp3) is 0.0870. The second-order valence-corrected chi connectivity index (χ2v) is 6.88. The summed E-state index contributed by atoms with van der Waals surface area (Å²) in [6.07, 6.45) is 2.87. The van der Waals surface area contributed by atoms with E-state index in [1.165, 1.54) is 12.3 Å². The van der Waals surface area contributed by atoms with Crippen LogP contribution in [-0.2, 0) is 0 Å². The zero-order valence-electron chi connectivity index (χ0n) is 16.6. The number of rotatable bonds is 5. The molecule has 2 aromatic carbocycles. The fourth-order valence-electron chi connectivity index (χ4n) is 3.40. The number of anilines is 1. The van der Waals surface area contributed by atoms with Gasteiger partial charge in [0.15, 0.2) is 0 Å². The van der Waals surface area contributed by atoms with Gasteiger partial charge in [-0.1, -0.05) is 18.2 Å². The van der Waals surface area contributed by atoms with E-state index in [0.29, 0.717) is 22.5 Å². The lowest BCUT2D eigenvalue weighted by atomic mass is 10.0. The predicted octanol–water partition coefficient (Wildman–Crippen LogP) is 2.99. The third-order valence-electron chi connectivity index (χ3n) is 5.05. The number of para-hydroxylation sites is 1. The molecule has 0 aliphatic carbocycles. The minimum Gasteiger partial charge on any atom is -0.316 e. The highest BCUT2D eigenvalue weighted by molar-refractivity contribution is 6.14. The first-order valence-electron chi connectivity index (χ1n) is 9.48. The summed E-state index contributed by atoms with van der Waals surface area (Å²) in [5.74, 6) is -0.541. The van der Waals surface area contributed by atoms with Gasteiger partial charge >= 0.3 is 0 Å². The van der Waals surface area contributed by atoms with Crippen LogP contribution in [0, 0.1) is 11.2 Å². The van der Waals surface area contributed by atoms with Crippen molar-refractivity contribution in [3.05, 3.63) is 95.7 Å². The van der Waals surface area contributed by atoms with Crippen LogP contribution in [0.4, 0.5) is 15.8 Å². The molecule has 30 heavy (non-hydrogen) atoms. The molecule has 0 saturated carbocycles. The maximum absolute atomic E-state index is 13.7. The maximum atomic E-state index is 13.7. The molecule has 0 fully saturated rings. The summed E-state index contributed by atoms with van der Waals surface area (Å²) >= 11 is 0. The molecule has 0 aliphatic rings. The van der Waals surface area contributed by atoms with E-state index in [-0.39, 0.29) is 11.6 Å². The van der Waals surface area contributed by atoms with Crippen molar-refractivity contribution >= 4 is 28.6 Å². The molecule has 2 aromatic heterocycles. The number of hydrogen-bond donors (Lipinski definition) is 2. The molecule has 0 unspecified atom stereocenters. The molecular weight excluding hydrogens is 381 g/mol. The molecule has 0 atom stereocenters. The van der Waals surface area contributed by atoms with E-state index in [1.54, 1.807) is 46.8 Å². The smallest absolute Gasteiger partial charge is 0.258 e. The van der Waals surface area contributed by atoms with E-state index in [2.05, 4.69) is 4.98 Å². The largest absolute Gasteiger partial charge is 0.316 e. The average molecular weight is 402 g/mol. The molecule has 0 spiro atoms. The summed E-state index contributed by atoms with van der Waals surface area (Å²) in [5.41, 5.74) is 3.96. The molecule has 150 valence electrons. The van der Waals surface area contributed by atoms with E-state index in [0.717, 1.165) is 11.4 Å². The van der Waals surface area contributed by atoms with Gasteiger partial charge in [-0.2, -0.15) is 0 Å². The molecule has 4 rings (SSSR count). The van der Waals surface area contributed by atoms with Crippen molar-refractivity contribution in [1.29, 1.82) is 5.41 Å². The highest BCUT2D eigenvalue weighted by atomic mass is 19.1. The first-order chi connectivity index (χ1) is 14.5. The SMILES string of the molecule is C[NH2+]c1cc(C(=O)N(C)c2ccccc2)ccc1C(=N)c1cnc2ccc(F)cn12. The summed E-state index contributed by atoms with van der Waals surface area (Å²) in [6.45, 7) is 0. The number of fused-ring (bicyclic) bond motifs is 1. The Morgan fingerprint density at radius 3 is 2.63 bits per heavy atom. The van der Waals surface area contributed by atoms with Crippen molar-refractivity contribution in [3.63, 3.8) is 0 Å². The van der Waals surface area contributed by atoms with Crippen LogP contribution >= 0.6 is 0 Å². The first-order valence-corrected chi connectivity index (χ1v) is 9.48. The van der Waals surface area contributed by atoms with Crippen LogP contribution in [0.1, 0.15) is 21.6 Å². The Kier molecular flexibility index (Phi) is 5.12. The molecule has 0 aliphatic heterocycles. The number of quaternary nitrogens is 1. The van der Waals surface area contributed by atoms with Crippen molar-refractivity contribution in [1.82, 2.24) is 9.38 Å². The van der Waals surface area contributed by atoms with Crippen molar-refractivity contribution in [2.24, 2.45) is 0 Å². The normalized spacial score (nSPS) is 10.9. The van der Waals surface area contributed by atoms with Gasteiger partial charge in [-0.05, 0) is 36.4 Å². The van der Waals surface area contributed by atoms with Crippen molar-refractivity contribution in [3.8, 4) is 0 Å². The summed E-state index contributed by atoms with van der Waals surface area (Å²) in [7, 11) is 3.59. The Balaban J connectivity index is 1.69. The fourth-order valence-corrected chi connectivity index (χ4v) is 3.40. The second kappa shape index (κ2) is 7.88. The highest BCUT2D eigenvalue weighted by Crippen LogP contribution is 2.21. The summed E-state index contributed by atoms with van der Waals surface area (Å²) in [5, 5.41) is 10.5. The van der Waals surface area contributed by atoms with Crippen LogP contribution in [0.2, 0.25) is 0 Å². The van der Waals surface area contributed by atoms with E-state index < -0.39 is 5.82 Å². The minimum absolute atomic E-state index is 0.140. The number of nitrogens with one attached hydrogen (secondary N) is 1. The number of carbonyl (C=O) groups is 1. The van der Waals surface area contributed by atoms with Crippen molar-refractivity contribution in [2.75, 3.05) is 19.0 Å². The number of nitrogens with two attached hydrogens (primary N) is 1. The first kappa shape index (κ1) is 19.5. The zero-order chi connectivity index (χ0) is 21.3. The third-order valence-corrected chi connectivity index (χ3v) is 5.05. The van der Waals surface area contributed by atoms with Crippen LogP contribution in [0.25, 0.3) is 5.65 Å². The standard InChI is InChI=1S/C23H20FN5O/c1-26-19-12-15(23(30)28(2)17-6-4-3-5-7-17)8-10-18(19)22(25)20-13-27-21-11-9-16(24)14-29(20)21/h3-14,25-26H,1-2H3/p+1. The Bertz CT molecular complexity index is 1250. The Morgan fingerprint density at radius 2 is 1.90 bits per heavy atom. The van der Waals surface area contributed by atoms with Gasteiger partial charge in [-0.15, -0.1) is 0 Å². The summed E-state index contributed by atoms with van der Waals surface area (Å²) < 4.78 is 15.3. The van der Waals surface area contributed by atoms with E-state index in [1.807, 2.05) is 42.7 Å². The number of halogens is 1. The number of aromatic nitrogens is 2. The zero-order valence-corrected chi connectivity index (χ0v) is 16.6. The molecular formula is C23H21FN5O+. The van der Waals surface area contributed by atoms with Crippen LogP contribution < -0.4 is 10.2 Å². The van der Waals surface area contributed by atoms with Gasteiger partial charge in [0.1, 0.15) is 17.2 Å². The maximum Gasteiger partial charge on any atom is 0.258 e. The van der Waals surface area contributed by atoms with Crippen molar-refractivity contribution in [2.45, 2.75) is 0 Å². The number of hydrogen-bond acceptors (Lipinski definition) is 3. The number of benzene rings is 2. The molecule has 3 N–H and O–H groups in total. The van der Waals surface area contributed by atoms with E-state index >= 15 is 0 Å². The van der Waals surface area contributed by atoms with Gasteiger partial charge in [0.2, 0.25) is 0 Å². The molecule has 0 bridgehead atoms. The highest BCUT2D eigenvalue weighted by Gasteiger charge is 2.20. The van der Waals surface area contributed by atoms with Crippen LogP contribution in [0.3, 0.4) is 0 Å².